The molecular weight excluding hydrogens is 314 g/mol. The molecule has 0 aliphatic rings. The fourth-order valence-electron chi connectivity index (χ4n) is 1.87. The van der Waals surface area contributed by atoms with E-state index in [1.807, 2.05) is 6.07 Å². The number of nitrogens with one attached hydrogen (secondary N) is 2. The maximum Gasteiger partial charge on any atom is 0.275 e. The average Bonchev–Trinajstić information content (AvgIpc) is 2.96. The van der Waals surface area contributed by atoms with Crippen molar-refractivity contribution in [1.29, 1.82) is 0 Å². The molecule has 116 valence electrons. The SMILES string of the molecule is CCC(=O)Nc1nc2ccc(NC(=O)c3cnccn3)cc2s1. The Kier molecular flexibility index (Phi) is 4.24. The number of hydrogen-bond acceptors (Lipinski definition) is 6. The number of aromatic nitrogens is 3. The standard InChI is InChI=1S/C15H13N5O2S/c1-2-13(21)20-15-19-10-4-3-9(7-12(10)23-15)18-14(22)11-8-16-5-6-17-11/h3-8H,2H2,1H3,(H,18,22)(H,19,20,21). The summed E-state index contributed by atoms with van der Waals surface area (Å²) in [5, 5.41) is 6.04. The van der Waals surface area contributed by atoms with Gasteiger partial charge in [-0.15, -0.1) is 0 Å². The van der Waals surface area contributed by atoms with Gasteiger partial charge in [-0.1, -0.05) is 18.3 Å². The van der Waals surface area contributed by atoms with Crippen LogP contribution in [0.1, 0.15) is 23.8 Å². The fourth-order valence-corrected chi connectivity index (χ4v) is 2.80. The molecule has 2 N–H and O–H groups in total. The number of anilines is 2. The summed E-state index contributed by atoms with van der Waals surface area (Å²) < 4.78 is 0.869. The molecule has 0 unspecified atom stereocenters. The minimum absolute atomic E-state index is 0.0831. The molecule has 3 aromatic rings. The van der Waals surface area contributed by atoms with Crippen molar-refractivity contribution in [3.05, 3.63) is 42.5 Å². The van der Waals surface area contributed by atoms with Crippen molar-refractivity contribution in [2.45, 2.75) is 13.3 Å². The van der Waals surface area contributed by atoms with Gasteiger partial charge in [-0.2, -0.15) is 0 Å². The molecule has 3 rings (SSSR count). The first-order valence-corrected chi connectivity index (χ1v) is 7.75. The van der Waals surface area contributed by atoms with E-state index in [4.69, 9.17) is 0 Å². The quantitative estimate of drug-likeness (QED) is 0.768. The number of thiazole rings is 1. The van der Waals surface area contributed by atoms with Gasteiger partial charge in [0.15, 0.2) is 5.13 Å². The minimum atomic E-state index is -0.332. The maximum absolute atomic E-state index is 12.1. The highest BCUT2D eigenvalue weighted by atomic mass is 32.1. The van der Waals surface area contributed by atoms with Gasteiger partial charge in [0.05, 0.1) is 16.4 Å². The number of nitrogens with zero attached hydrogens (tertiary/aromatic N) is 3. The lowest BCUT2D eigenvalue weighted by Gasteiger charge is -2.03. The van der Waals surface area contributed by atoms with Gasteiger partial charge >= 0.3 is 0 Å². The Morgan fingerprint density at radius 1 is 1.22 bits per heavy atom. The predicted octanol–water partition coefficient (Wildman–Crippen LogP) is 2.69. The molecule has 2 heterocycles. The highest BCUT2D eigenvalue weighted by Crippen LogP contribution is 2.28. The van der Waals surface area contributed by atoms with Crippen LogP contribution in [0.2, 0.25) is 0 Å². The summed E-state index contributed by atoms with van der Waals surface area (Å²) in [7, 11) is 0. The number of benzene rings is 1. The van der Waals surface area contributed by atoms with E-state index < -0.39 is 0 Å². The van der Waals surface area contributed by atoms with Gasteiger partial charge in [-0.05, 0) is 18.2 Å². The summed E-state index contributed by atoms with van der Waals surface area (Å²) in [5.41, 5.74) is 1.64. The zero-order valence-electron chi connectivity index (χ0n) is 12.2. The highest BCUT2D eigenvalue weighted by molar-refractivity contribution is 7.22. The first-order valence-electron chi connectivity index (χ1n) is 6.93. The van der Waals surface area contributed by atoms with Gasteiger partial charge in [-0.25, -0.2) is 9.97 Å². The number of carbonyl (C=O) groups excluding carboxylic acids is 2. The molecular formula is C15H13N5O2S. The average molecular weight is 327 g/mol. The fraction of sp³-hybridized carbons (Fsp3) is 0.133. The van der Waals surface area contributed by atoms with Crippen molar-refractivity contribution in [3.8, 4) is 0 Å². The molecule has 0 atom stereocenters. The monoisotopic (exact) mass is 327 g/mol. The van der Waals surface area contributed by atoms with Crippen LogP contribution < -0.4 is 10.6 Å². The van der Waals surface area contributed by atoms with Crippen LogP contribution in [0.4, 0.5) is 10.8 Å². The first-order chi connectivity index (χ1) is 11.2. The Bertz CT molecular complexity index is 863. The molecule has 0 radical (unpaired) electrons. The van der Waals surface area contributed by atoms with Gasteiger partial charge in [0.2, 0.25) is 5.91 Å². The molecule has 0 aliphatic carbocycles. The predicted molar refractivity (Wildman–Crippen MR) is 88.5 cm³/mol. The summed E-state index contributed by atoms with van der Waals surface area (Å²) in [4.78, 5) is 35.6. The van der Waals surface area contributed by atoms with E-state index >= 15 is 0 Å². The lowest BCUT2D eigenvalue weighted by molar-refractivity contribution is -0.115. The van der Waals surface area contributed by atoms with Crippen LogP contribution in [-0.2, 0) is 4.79 Å². The van der Waals surface area contributed by atoms with Crippen molar-refractivity contribution < 1.29 is 9.59 Å². The summed E-state index contributed by atoms with van der Waals surface area (Å²) in [5.74, 6) is -0.415. The van der Waals surface area contributed by atoms with Gasteiger partial charge in [0.1, 0.15) is 5.69 Å². The van der Waals surface area contributed by atoms with Gasteiger partial charge in [0.25, 0.3) is 5.91 Å². The second-order valence-electron chi connectivity index (χ2n) is 4.65. The number of hydrogen-bond donors (Lipinski definition) is 2. The highest BCUT2D eigenvalue weighted by Gasteiger charge is 2.10. The number of fused-ring (bicyclic) bond motifs is 1. The molecule has 0 aliphatic heterocycles. The van der Waals surface area contributed by atoms with Crippen LogP contribution in [-0.4, -0.2) is 26.8 Å². The zero-order valence-corrected chi connectivity index (χ0v) is 13.1. The van der Waals surface area contributed by atoms with Crippen molar-refractivity contribution in [1.82, 2.24) is 15.0 Å². The van der Waals surface area contributed by atoms with Crippen molar-refractivity contribution >= 4 is 44.2 Å². The molecule has 2 aromatic heterocycles. The third-order valence-electron chi connectivity index (χ3n) is 3.01. The van der Waals surface area contributed by atoms with Gasteiger partial charge < -0.3 is 10.6 Å². The van der Waals surface area contributed by atoms with E-state index in [0.717, 1.165) is 10.2 Å². The lowest BCUT2D eigenvalue weighted by atomic mass is 10.3. The summed E-state index contributed by atoms with van der Waals surface area (Å²) in [6.45, 7) is 1.78. The molecule has 0 spiro atoms. The number of carbonyl (C=O) groups is 2. The second-order valence-corrected chi connectivity index (χ2v) is 5.68. The lowest BCUT2D eigenvalue weighted by Crippen LogP contribution is -2.13. The third kappa shape index (κ3) is 3.49. The van der Waals surface area contributed by atoms with Crippen molar-refractivity contribution in [3.63, 3.8) is 0 Å². The van der Waals surface area contributed by atoms with E-state index in [1.54, 1.807) is 19.1 Å². The van der Waals surface area contributed by atoms with Gasteiger partial charge in [0, 0.05) is 24.5 Å². The molecule has 0 bridgehead atoms. The molecule has 7 nitrogen and oxygen atoms in total. The minimum Gasteiger partial charge on any atom is -0.321 e. The number of rotatable bonds is 4. The first kappa shape index (κ1) is 15.0. The molecule has 0 saturated carbocycles. The van der Waals surface area contributed by atoms with Crippen LogP contribution >= 0.6 is 11.3 Å². The summed E-state index contributed by atoms with van der Waals surface area (Å²) >= 11 is 1.36. The normalized spacial score (nSPS) is 10.5. The largest absolute Gasteiger partial charge is 0.321 e. The molecule has 1 aromatic carbocycles. The van der Waals surface area contributed by atoms with Crippen LogP contribution in [0.3, 0.4) is 0 Å². The Labute approximate surface area is 135 Å². The topological polar surface area (TPSA) is 96.9 Å². The molecule has 8 heteroatoms. The van der Waals surface area contributed by atoms with Crippen LogP contribution in [0.25, 0.3) is 10.2 Å². The number of amides is 2. The van der Waals surface area contributed by atoms with Crippen LogP contribution in [0.15, 0.2) is 36.8 Å². The van der Waals surface area contributed by atoms with E-state index in [-0.39, 0.29) is 17.5 Å². The van der Waals surface area contributed by atoms with E-state index in [2.05, 4.69) is 25.6 Å². The smallest absolute Gasteiger partial charge is 0.275 e. The Morgan fingerprint density at radius 3 is 2.83 bits per heavy atom. The van der Waals surface area contributed by atoms with Crippen LogP contribution in [0, 0.1) is 0 Å². The van der Waals surface area contributed by atoms with Gasteiger partial charge in [-0.3, -0.25) is 14.6 Å². The third-order valence-corrected chi connectivity index (χ3v) is 3.94. The van der Waals surface area contributed by atoms with Crippen LogP contribution in [0.5, 0.6) is 0 Å². The van der Waals surface area contributed by atoms with Crippen molar-refractivity contribution in [2.75, 3.05) is 10.6 Å². The van der Waals surface area contributed by atoms with E-state index in [0.29, 0.717) is 17.2 Å². The van der Waals surface area contributed by atoms with Crippen molar-refractivity contribution in [2.24, 2.45) is 0 Å². The second kappa shape index (κ2) is 6.49. The molecule has 2 amide bonds. The van der Waals surface area contributed by atoms with E-state index in [1.165, 1.54) is 29.9 Å². The molecule has 0 saturated heterocycles. The Hall–Kier alpha value is -2.87. The maximum atomic E-state index is 12.1. The zero-order chi connectivity index (χ0) is 16.2. The van der Waals surface area contributed by atoms with E-state index in [9.17, 15) is 9.59 Å². The Balaban J connectivity index is 1.80. The summed E-state index contributed by atoms with van der Waals surface area (Å²) in [6, 6.07) is 5.35. The summed E-state index contributed by atoms with van der Waals surface area (Å²) in [6.07, 6.45) is 4.77. The molecule has 0 fully saturated rings. The molecule has 23 heavy (non-hydrogen) atoms. The Morgan fingerprint density at radius 2 is 2.09 bits per heavy atom.